The van der Waals surface area contributed by atoms with Crippen molar-refractivity contribution in [2.45, 2.75) is 45.7 Å². The monoisotopic (exact) mass is 400 g/mol. The van der Waals surface area contributed by atoms with Crippen molar-refractivity contribution in [1.82, 2.24) is 5.32 Å². The summed E-state index contributed by atoms with van der Waals surface area (Å²) < 4.78 is 11.2. The van der Waals surface area contributed by atoms with Crippen LogP contribution in [-0.2, 0) is 0 Å². The maximum atomic E-state index is 6.09. The van der Waals surface area contributed by atoms with Gasteiger partial charge in [-0.2, -0.15) is 0 Å². The minimum absolute atomic E-state index is 0.0580. The van der Waals surface area contributed by atoms with Crippen molar-refractivity contribution in [2.75, 3.05) is 13.7 Å². The van der Waals surface area contributed by atoms with Gasteiger partial charge in [0.15, 0.2) is 0 Å². The van der Waals surface area contributed by atoms with Gasteiger partial charge in [-0.15, -0.1) is 0 Å². The molecule has 0 unspecified atom stereocenters. The molecule has 5 heteroatoms. The first-order valence-corrected chi connectivity index (χ1v) is 10.3. The summed E-state index contributed by atoms with van der Waals surface area (Å²) in [6, 6.07) is 14.2. The van der Waals surface area contributed by atoms with E-state index in [0.29, 0.717) is 12.5 Å². The standard InChI is InChI=1S/C23H29ClN2O2/c1-5-28-21-14-18(27-4)11-12-19(21)23-25-20(13-6-15(2)3)22(26-23)16-7-9-17(24)10-8-16/h7-12,14-15,20,22H,5-6,13H2,1-4H3,(H,25,26)/t20-,22+/m1/s1. The summed E-state index contributed by atoms with van der Waals surface area (Å²) in [5, 5.41) is 4.40. The zero-order valence-electron chi connectivity index (χ0n) is 17.0. The van der Waals surface area contributed by atoms with Crippen molar-refractivity contribution in [1.29, 1.82) is 0 Å². The predicted octanol–water partition coefficient (Wildman–Crippen LogP) is 5.64. The van der Waals surface area contributed by atoms with Crippen LogP contribution < -0.4 is 14.8 Å². The second-order valence-electron chi connectivity index (χ2n) is 7.49. The van der Waals surface area contributed by atoms with Crippen molar-refractivity contribution in [2.24, 2.45) is 10.9 Å². The minimum atomic E-state index is 0.0580. The molecule has 1 heterocycles. The highest BCUT2D eigenvalue weighted by atomic mass is 35.5. The van der Waals surface area contributed by atoms with Crippen LogP contribution in [0.1, 0.15) is 50.8 Å². The van der Waals surface area contributed by atoms with E-state index >= 15 is 0 Å². The third-order valence-corrected chi connectivity index (χ3v) is 5.23. The highest BCUT2D eigenvalue weighted by Gasteiger charge is 2.31. The summed E-state index contributed by atoms with van der Waals surface area (Å²) in [7, 11) is 1.66. The van der Waals surface area contributed by atoms with E-state index in [0.717, 1.165) is 40.8 Å². The normalized spacial score (nSPS) is 18.7. The Bertz CT molecular complexity index is 818. The second kappa shape index (κ2) is 9.33. The Kier molecular flexibility index (Phi) is 6.84. The first-order chi connectivity index (χ1) is 13.5. The van der Waals surface area contributed by atoms with E-state index in [4.69, 9.17) is 26.1 Å². The van der Waals surface area contributed by atoms with Crippen LogP contribution in [0.15, 0.2) is 47.5 Å². The summed E-state index contributed by atoms with van der Waals surface area (Å²) in [5.41, 5.74) is 2.14. The van der Waals surface area contributed by atoms with Gasteiger partial charge in [-0.3, -0.25) is 4.99 Å². The molecule has 0 spiro atoms. The molecule has 3 rings (SSSR count). The Morgan fingerprint density at radius 3 is 2.54 bits per heavy atom. The number of hydrogen-bond acceptors (Lipinski definition) is 4. The van der Waals surface area contributed by atoms with Gasteiger partial charge in [0.25, 0.3) is 0 Å². The smallest absolute Gasteiger partial charge is 0.133 e. The fourth-order valence-corrected chi connectivity index (χ4v) is 3.60. The van der Waals surface area contributed by atoms with Gasteiger partial charge in [-0.1, -0.05) is 37.6 Å². The molecule has 1 N–H and O–H groups in total. The number of nitrogens with zero attached hydrogens (tertiary/aromatic N) is 1. The van der Waals surface area contributed by atoms with Gasteiger partial charge in [0.2, 0.25) is 0 Å². The van der Waals surface area contributed by atoms with Gasteiger partial charge in [0.05, 0.1) is 31.4 Å². The number of benzene rings is 2. The lowest BCUT2D eigenvalue weighted by molar-refractivity contribution is 0.335. The van der Waals surface area contributed by atoms with Crippen LogP contribution in [0.3, 0.4) is 0 Å². The zero-order chi connectivity index (χ0) is 20.1. The van der Waals surface area contributed by atoms with Crippen molar-refractivity contribution < 1.29 is 9.47 Å². The number of aliphatic imine (C=N–C) groups is 1. The maximum absolute atomic E-state index is 6.09. The van der Waals surface area contributed by atoms with Crippen molar-refractivity contribution in [3.63, 3.8) is 0 Å². The van der Waals surface area contributed by atoms with Crippen LogP contribution >= 0.6 is 11.6 Å². The van der Waals surface area contributed by atoms with Gasteiger partial charge < -0.3 is 14.8 Å². The summed E-state index contributed by atoms with van der Waals surface area (Å²) in [6.45, 7) is 7.08. The molecule has 0 radical (unpaired) electrons. The quantitative estimate of drug-likeness (QED) is 0.623. The molecule has 0 amide bonds. The Balaban J connectivity index is 1.94. The van der Waals surface area contributed by atoms with Crippen LogP contribution in [0, 0.1) is 5.92 Å². The van der Waals surface area contributed by atoms with Gasteiger partial charge >= 0.3 is 0 Å². The molecular formula is C23H29ClN2O2. The average Bonchev–Trinajstić information content (AvgIpc) is 3.11. The SMILES string of the molecule is CCOc1cc(OC)ccc1C1=N[C@@H](c2ccc(Cl)cc2)[C@@H](CCC(C)C)N1. The number of methoxy groups -OCH3 is 1. The van der Waals surface area contributed by atoms with Crippen LogP contribution in [-0.4, -0.2) is 25.6 Å². The highest BCUT2D eigenvalue weighted by Crippen LogP contribution is 2.34. The Labute approximate surface area is 172 Å². The minimum Gasteiger partial charge on any atom is -0.497 e. The van der Waals surface area contributed by atoms with E-state index in [2.05, 4.69) is 31.3 Å². The van der Waals surface area contributed by atoms with E-state index in [1.807, 2.05) is 37.3 Å². The van der Waals surface area contributed by atoms with Crippen LogP contribution in [0.2, 0.25) is 5.02 Å². The number of ether oxygens (including phenoxy) is 2. The molecule has 2 aromatic carbocycles. The summed E-state index contributed by atoms with van der Waals surface area (Å²) in [6.07, 6.45) is 2.20. The molecule has 2 aromatic rings. The molecule has 150 valence electrons. The van der Waals surface area contributed by atoms with Crippen LogP contribution in [0.5, 0.6) is 11.5 Å². The van der Waals surface area contributed by atoms with E-state index < -0.39 is 0 Å². The molecule has 0 bridgehead atoms. The third kappa shape index (κ3) is 4.79. The number of rotatable bonds is 8. The molecule has 0 fully saturated rings. The van der Waals surface area contributed by atoms with Crippen LogP contribution in [0.4, 0.5) is 0 Å². The third-order valence-electron chi connectivity index (χ3n) is 4.98. The van der Waals surface area contributed by atoms with Crippen molar-refractivity contribution in [3.8, 4) is 11.5 Å². The molecule has 0 saturated heterocycles. The topological polar surface area (TPSA) is 42.9 Å². The molecule has 4 nitrogen and oxygen atoms in total. The van der Waals surface area contributed by atoms with Gasteiger partial charge in [-0.05, 0) is 55.5 Å². The zero-order valence-corrected chi connectivity index (χ0v) is 17.8. The van der Waals surface area contributed by atoms with E-state index in [1.54, 1.807) is 7.11 Å². The fraction of sp³-hybridized carbons (Fsp3) is 0.435. The number of halogens is 1. The number of hydrogen-bond donors (Lipinski definition) is 1. The maximum Gasteiger partial charge on any atom is 0.133 e. The molecular weight excluding hydrogens is 372 g/mol. The van der Waals surface area contributed by atoms with E-state index in [9.17, 15) is 0 Å². The van der Waals surface area contributed by atoms with Gasteiger partial charge in [0.1, 0.15) is 17.3 Å². The molecule has 2 atom stereocenters. The molecule has 0 saturated carbocycles. The Morgan fingerprint density at radius 2 is 1.89 bits per heavy atom. The lowest BCUT2D eigenvalue weighted by Crippen LogP contribution is -2.32. The highest BCUT2D eigenvalue weighted by molar-refractivity contribution is 6.30. The number of amidine groups is 1. The Morgan fingerprint density at radius 1 is 1.14 bits per heavy atom. The average molecular weight is 401 g/mol. The van der Waals surface area contributed by atoms with Crippen LogP contribution in [0.25, 0.3) is 0 Å². The molecule has 28 heavy (non-hydrogen) atoms. The first-order valence-electron chi connectivity index (χ1n) is 9.92. The van der Waals surface area contributed by atoms with E-state index in [-0.39, 0.29) is 12.1 Å². The first kappa shape index (κ1) is 20.5. The molecule has 1 aliphatic heterocycles. The largest absolute Gasteiger partial charge is 0.497 e. The Hall–Kier alpha value is -2.20. The summed E-state index contributed by atoms with van der Waals surface area (Å²) >= 11 is 6.09. The molecule has 0 aromatic heterocycles. The fourth-order valence-electron chi connectivity index (χ4n) is 3.48. The predicted molar refractivity (Wildman–Crippen MR) is 116 cm³/mol. The van der Waals surface area contributed by atoms with Crippen molar-refractivity contribution >= 4 is 17.4 Å². The van der Waals surface area contributed by atoms with Gasteiger partial charge in [-0.25, -0.2) is 0 Å². The molecule has 0 aliphatic carbocycles. The number of nitrogens with one attached hydrogen (secondary N) is 1. The second-order valence-corrected chi connectivity index (χ2v) is 7.93. The van der Waals surface area contributed by atoms with E-state index in [1.165, 1.54) is 5.56 Å². The van der Waals surface area contributed by atoms with Gasteiger partial charge in [0, 0.05) is 11.1 Å². The summed E-state index contributed by atoms with van der Waals surface area (Å²) in [5.74, 6) is 3.08. The van der Waals surface area contributed by atoms with Crippen molar-refractivity contribution in [3.05, 3.63) is 58.6 Å². The molecule has 1 aliphatic rings. The summed E-state index contributed by atoms with van der Waals surface area (Å²) in [4.78, 5) is 5.06. The lowest BCUT2D eigenvalue weighted by Gasteiger charge is -2.20. The lowest BCUT2D eigenvalue weighted by atomic mass is 9.94.